The Morgan fingerprint density at radius 1 is 1.28 bits per heavy atom. The van der Waals surface area contributed by atoms with Crippen molar-refractivity contribution in [1.82, 2.24) is 18.8 Å². The van der Waals surface area contributed by atoms with Gasteiger partial charge < -0.3 is 14.6 Å². The van der Waals surface area contributed by atoms with Gasteiger partial charge in [-0.2, -0.15) is 17.5 Å². The number of fused-ring (bicyclic) bond motifs is 1. The summed E-state index contributed by atoms with van der Waals surface area (Å²) < 4.78 is 60.6. The molecule has 1 aromatic rings. The van der Waals surface area contributed by atoms with Crippen LogP contribution in [0.25, 0.3) is 0 Å². The van der Waals surface area contributed by atoms with Gasteiger partial charge in [0.1, 0.15) is 5.82 Å². The van der Waals surface area contributed by atoms with E-state index >= 15 is 0 Å². The zero-order valence-electron chi connectivity index (χ0n) is 16.3. The Balaban J connectivity index is 0.000000370. The summed E-state index contributed by atoms with van der Waals surface area (Å²) in [6, 6.07) is 0. The van der Waals surface area contributed by atoms with Crippen molar-refractivity contribution in [2.75, 3.05) is 31.9 Å². The van der Waals surface area contributed by atoms with Gasteiger partial charge in [0.25, 0.3) is 0 Å². The van der Waals surface area contributed by atoms with Crippen molar-refractivity contribution in [2.45, 2.75) is 45.5 Å². The van der Waals surface area contributed by atoms with Crippen LogP contribution >= 0.6 is 0 Å². The Morgan fingerprint density at radius 3 is 2.45 bits per heavy atom. The molecule has 3 rings (SSSR count). The molecule has 2 aliphatic rings. The van der Waals surface area contributed by atoms with Gasteiger partial charge in [-0.1, -0.05) is 6.92 Å². The molecule has 0 saturated carbocycles. The maximum atomic E-state index is 12.5. The molecule has 0 aromatic carbocycles. The Bertz CT molecular complexity index is 776. The molecule has 0 bridgehead atoms. The molecule has 8 nitrogen and oxygen atoms in total. The van der Waals surface area contributed by atoms with E-state index in [4.69, 9.17) is 9.90 Å². The summed E-state index contributed by atoms with van der Waals surface area (Å²) >= 11 is 0. The number of carboxylic acid groups (broad SMARTS) is 1. The van der Waals surface area contributed by atoms with Crippen LogP contribution in [0, 0.1) is 5.92 Å². The number of hydrogen-bond donors (Lipinski definition) is 1. The van der Waals surface area contributed by atoms with Gasteiger partial charge in [-0.25, -0.2) is 18.2 Å². The van der Waals surface area contributed by atoms with E-state index in [1.54, 1.807) is 10.5 Å². The quantitative estimate of drug-likeness (QED) is 0.750. The van der Waals surface area contributed by atoms with Crippen molar-refractivity contribution < 1.29 is 31.5 Å². The molecule has 1 saturated heterocycles. The average Bonchev–Trinajstić information content (AvgIpc) is 3.23. The number of nitrogens with zero attached hydrogens (tertiary/aromatic N) is 4. The zero-order valence-corrected chi connectivity index (χ0v) is 17.1. The second-order valence-electron chi connectivity index (χ2n) is 7.28. The maximum absolute atomic E-state index is 12.5. The minimum atomic E-state index is -5.08. The highest BCUT2D eigenvalue weighted by Crippen LogP contribution is 2.21. The van der Waals surface area contributed by atoms with Crippen LogP contribution in [0.1, 0.15) is 32.0 Å². The van der Waals surface area contributed by atoms with Gasteiger partial charge in [0.2, 0.25) is 10.0 Å². The Morgan fingerprint density at radius 2 is 1.90 bits per heavy atom. The Hall–Kier alpha value is -1.66. The first-order valence-corrected chi connectivity index (χ1v) is 11.1. The minimum Gasteiger partial charge on any atom is -0.475 e. The molecule has 1 aromatic heterocycles. The van der Waals surface area contributed by atoms with E-state index in [0.29, 0.717) is 25.4 Å². The molecule has 3 heterocycles. The number of carboxylic acids is 1. The van der Waals surface area contributed by atoms with Crippen LogP contribution in [-0.2, 0) is 27.9 Å². The number of alkyl halides is 3. The normalized spacial score (nSPS) is 21.2. The summed E-state index contributed by atoms with van der Waals surface area (Å²) in [6.45, 7) is 7.08. The molecule has 0 aliphatic carbocycles. The van der Waals surface area contributed by atoms with Crippen molar-refractivity contribution >= 4 is 16.0 Å². The molecular weight excluding hydrogens is 413 g/mol. The summed E-state index contributed by atoms with van der Waals surface area (Å²) in [5, 5.41) is 7.12. The lowest BCUT2D eigenvalue weighted by Gasteiger charge is -2.26. The molecule has 29 heavy (non-hydrogen) atoms. The summed E-state index contributed by atoms with van der Waals surface area (Å²) in [7, 11) is -3.18. The number of sulfonamides is 1. The van der Waals surface area contributed by atoms with Crippen molar-refractivity contribution in [3.63, 3.8) is 0 Å². The summed E-state index contributed by atoms with van der Waals surface area (Å²) in [5.74, 6) is -1.33. The van der Waals surface area contributed by atoms with Crippen molar-refractivity contribution in [2.24, 2.45) is 5.92 Å². The van der Waals surface area contributed by atoms with Gasteiger partial charge in [0.15, 0.2) is 0 Å². The van der Waals surface area contributed by atoms with E-state index in [1.807, 2.05) is 13.1 Å². The van der Waals surface area contributed by atoms with Crippen LogP contribution in [0.4, 0.5) is 13.2 Å². The number of rotatable bonds is 5. The van der Waals surface area contributed by atoms with E-state index in [0.717, 1.165) is 32.0 Å². The highest BCUT2D eigenvalue weighted by Gasteiger charge is 2.38. The van der Waals surface area contributed by atoms with E-state index in [2.05, 4.69) is 14.5 Å². The first-order valence-electron chi connectivity index (χ1n) is 9.53. The first-order chi connectivity index (χ1) is 13.5. The van der Waals surface area contributed by atoms with Crippen molar-refractivity contribution in [1.29, 1.82) is 0 Å². The fourth-order valence-electron chi connectivity index (χ4n) is 3.55. The standard InChI is InChI=1S/C15H26N4O2S.C2HF3O2/c1-2-9-22(20,21)19-12-14(10-17-6-3-4-7-17)11-18-8-5-16-15(18)13-19;3-2(4,5)1(6)7/h5,8,14H,2-4,6-7,9-13H2,1H3;(H,6,7). The van der Waals surface area contributed by atoms with Gasteiger partial charge >= 0.3 is 12.1 Å². The number of imidazole rings is 1. The van der Waals surface area contributed by atoms with Gasteiger partial charge in [-0.3, -0.25) is 0 Å². The highest BCUT2D eigenvalue weighted by molar-refractivity contribution is 7.89. The van der Waals surface area contributed by atoms with E-state index in [9.17, 15) is 21.6 Å². The third-order valence-corrected chi connectivity index (χ3v) is 6.84. The SMILES string of the molecule is CCCS(=O)(=O)N1Cc2nccn2CC(CN2CCCC2)C1.O=C(O)C(F)(F)F. The molecule has 0 radical (unpaired) electrons. The van der Waals surface area contributed by atoms with Crippen LogP contribution in [0.15, 0.2) is 12.4 Å². The molecule has 1 N–H and O–H groups in total. The largest absolute Gasteiger partial charge is 0.490 e. The Kier molecular flexibility index (Phi) is 8.06. The van der Waals surface area contributed by atoms with Gasteiger partial charge in [-0.15, -0.1) is 0 Å². The van der Waals surface area contributed by atoms with E-state index in [1.165, 1.54) is 12.8 Å². The number of halogens is 3. The fraction of sp³-hybridized carbons (Fsp3) is 0.765. The molecular formula is C17H27F3N4O4S. The topological polar surface area (TPSA) is 95.7 Å². The predicted octanol–water partition coefficient (Wildman–Crippen LogP) is 1.78. The number of aliphatic carboxylic acids is 1. The molecule has 1 fully saturated rings. The fourth-order valence-corrected chi connectivity index (χ4v) is 5.07. The lowest BCUT2D eigenvalue weighted by molar-refractivity contribution is -0.192. The molecule has 1 atom stereocenters. The van der Waals surface area contributed by atoms with Crippen LogP contribution in [0.3, 0.4) is 0 Å². The van der Waals surface area contributed by atoms with Crippen LogP contribution < -0.4 is 0 Å². The number of carbonyl (C=O) groups is 1. The molecule has 0 spiro atoms. The van der Waals surface area contributed by atoms with Gasteiger partial charge in [0, 0.05) is 37.9 Å². The summed E-state index contributed by atoms with van der Waals surface area (Å²) in [6.07, 6.45) is 1.85. The van der Waals surface area contributed by atoms with E-state index < -0.39 is 22.2 Å². The third kappa shape index (κ3) is 6.96. The second-order valence-corrected chi connectivity index (χ2v) is 9.37. The summed E-state index contributed by atoms with van der Waals surface area (Å²) in [4.78, 5) is 15.7. The molecule has 166 valence electrons. The minimum absolute atomic E-state index is 0.226. The summed E-state index contributed by atoms with van der Waals surface area (Å²) in [5.41, 5.74) is 0. The number of hydrogen-bond acceptors (Lipinski definition) is 5. The third-order valence-electron chi connectivity index (χ3n) is 4.85. The predicted molar refractivity (Wildman–Crippen MR) is 99.6 cm³/mol. The smallest absolute Gasteiger partial charge is 0.475 e. The highest BCUT2D eigenvalue weighted by atomic mass is 32.2. The average molecular weight is 440 g/mol. The molecule has 2 aliphatic heterocycles. The van der Waals surface area contributed by atoms with Crippen LogP contribution in [0.5, 0.6) is 0 Å². The first kappa shape index (κ1) is 23.6. The monoisotopic (exact) mass is 440 g/mol. The molecule has 12 heteroatoms. The number of aromatic nitrogens is 2. The lowest BCUT2D eigenvalue weighted by atomic mass is 10.1. The maximum Gasteiger partial charge on any atom is 0.490 e. The van der Waals surface area contributed by atoms with Crippen LogP contribution in [-0.4, -0.2) is 76.4 Å². The van der Waals surface area contributed by atoms with Gasteiger partial charge in [-0.05, 0) is 32.4 Å². The number of likely N-dealkylation sites (tertiary alicyclic amines) is 1. The molecule has 1 unspecified atom stereocenters. The van der Waals surface area contributed by atoms with E-state index in [-0.39, 0.29) is 5.75 Å². The van der Waals surface area contributed by atoms with Gasteiger partial charge in [0.05, 0.1) is 12.3 Å². The second kappa shape index (κ2) is 9.90. The molecule has 0 amide bonds. The van der Waals surface area contributed by atoms with Crippen molar-refractivity contribution in [3.8, 4) is 0 Å². The Labute approximate surface area is 168 Å². The lowest BCUT2D eigenvalue weighted by Crippen LogP contribution is -2.39. The van der Waals surface area contributed by atoms with Crippen molar-refractivity contribution in [3.05, 3.63) is 18.2 Å². The zero-order chi connectivity index (χ0) is 21.7. The van der Waals surface area contributed by atoms with Crippen LogP contribution in [0.2, 0.25) is 0 Å².